The van der Waals surface area contributed by atoms with Gasteiger partial charge in [-0.25, -0.2) is 5.43 Å². The number of benzene rings is 4. The number of nitrogens with one attached hydrogen (secondary N) is 1. The van der Waals surface area contributed by atoms with Crippen molar-refractivity contribution in [3.05, 3.63) is 100 Å². The lowest BCUT2D eigenvalue weighted by Crippen LogP contribution is -2.17. The van der Waals surface area contributed by atoms with Crippen molar-refractivity contribution in [1.82, 2.24) is 5.43 Å². The van der Waals surface area contributed by atoms with Crippen LogP contribution in [0.1, 0.15) is 35.3 Å². The molecule has 0 atom stereocenters. The predicted octanol–water partition coefficient (Wildman–Crippen LogP) is 6.74. The molecule has 0 aliphatic heterocycles. The van der Waals surface area contributed by atoms with Crippen molar-refractivity contribution in [1.29, 1.82) is 0 Å². The molecule has 0 aliphatic rings. The van der Waals surface area contributed by atoms with Gasteiger partial charge in [-0.05, 0) is 88.1 Å². The lowest BCUT2D eigenvalue weighted by atomic mass is 10.1. The number of hydrogen-bond acceptors (Lipinski definition) is 5. The van der Waals surface area contributed by atoms with E-state index in [0.717, 1.165) is 21.3 Å². The topological polar surface area (TPSA) is 69.2 Å². The van der Waals surface area contributed by atoms with Crippen LogP contribution in [-0.2, 0) is 6.61 Å². The van der Waals surface area contributed by atoms with Gasteiger partial charge in [-0.15, -0.1) is 0 Å². The third-order valence-electron chi connectivity index (χ3n) is 5.40. The zero-order valence-electron chi connectivity index (χ0n) is 20.2. The number of amides is 1. The predicted molar refractivity (Wildman–Crippen MR) is 146 cm³/mol. The molecule has 0 spiro atoms. The van der Waals surface area contributed by atoms with Gasteiger partial charge in [0.2, 0.25) is 0 Å². The number of nitrogens with zero attached hydrogens (tertiary/aromatic N) is 1. The summed E-state index contributed by atoms with van der Waals surface area (Å²) in [5.74, 6) is 1.51. The lowest BCUT2D eigenvalue weighted by Gasteiger charge is -2.12. The minimum Gasteiger partial charge on any atom is -0.490 e. The van der Waals surface area contributed by atoms with Gasteiger partial charge in [-0.3, -0.25) is 4.79 Å². The third kappa shape index (κ3) is 6.23. The molecular formula is C29H27BrN2O4. The molecule has 0 aliphatic carbocycles. The number of carbonyl (C=O) groups excluding carboxylic acids is 1. The van der Waals surface area contributed by atoms with Crippen LogP contribution in [-0.4, -0.2) is 25.3 Å². The summed E-state index contributed by atoms with van der Waals surface area (Å²) in [7, 11) is 0. The van der Waals surface area contributed by atoms with Crippen LogP contribution in [0.25, 0.3) is 10.8 Å². The Bertz CT molecular complexity index is 1380. The maximum absolute atomic E-state index is 12.5. The first kappa shape index (κ1) is 25.3. The molecule has 4 rings (SSSR count). The molecule has 4 aromatic carbocycles. The van der Waals surface area contributed by atoms with E-state index in [1.807, 2.05) is 50.2 Å². The van der Waals surface area contributed by atoms with E-state index in [1.54, 1.807) is 24.4 Å². The van der Waals surface area contributed by atoms with Crippen LogP contribution in [0.4, 0.5) is 0 Å². The van der Waals surface area contributed by atoms with Crippen molar-refractivity contribution in [2.24, 2.45) is 5.10 Å². The fourth-order valence-electron chi connectivity index (χ4n) is 3.71. The Morgan fingerprint density at radius 3 is 2.42 bits per heavy atom. The van der Waals surface area contributed by atoms with Crippen LogP contribution in [0.5, 0.6) is 17.2 Å². The monoisotopic (exact) mass is 546 g/mol. The molecule has 0 unspecified atom stereocenters. The van der Waals surface area contributed by atoms with Gasteiger partial charge in [0.05, 0.1) is 23.9 Å². The first-order chi connectivity index (χ1) is 17.6. The summed E-state index contributed by atoms with van der Waals surface area (Å²) in [6.07, 6.45) is 1.58. The SMILES string of the molecule is CCOc1ccc(C(=O)N/N=C/c2ccc(OCc3cccc4ccccc34)c(Br)c2)cc1OCC. The van der Waals surface area contributed by atoms with Crippen molar-refractivity contribution in [2.75, 3.05) is 13.2 Å². The van der Waals surface area contributed by atoms with E-state index < -0.39 is 0 Å². The van der Waals surface area contributed by atoms with E-state index in [2.05, 4.69) is 50.7 Å². The quantitative estimate of drug-likeness (QED) is 0.176. The highest BCUT2D eigenvalue weighted by atomic mass is 79.9. The van der Waals surface area contributed by atoms with Gasteiger partial charge in [0.15, 0.2) is 11.5 Å². The molecule has 4 aromatic rings. The number of ether oxygens (including phenoxy) is 3. The van der Waals surface area contributed by atoms with Crippen molar-refractivity contribution in [3.8, 4) is 17.2 Å². The van der Waals surface area contributed by atoms with Crippen LogP contribution >= 0.6 is 15.9 Å². The fourth-order valence-corrected chi connectivity index (χ4v) is 4.22. The first-order valence-corrected chi connectivity index (χ1v) is 12.5. The molecule has 0 saturated heterocycles. The zero-order valence-corrected chi connectivity index (χ0v) is 21.7. The number of carbonyl (C=O) groups is 1. The first-order valence-electron chi connectivity index (χ1n) is 11.7. The maximum atomic E-state index is 12.5. The Hall–Kier alpha value is -3.84. The molecule has 0 heterocycles. The van der Waals surface area contributed by atoms with Gasteiger partial charge < -0.3 is 14.2 Å². The highest BCUT2D eigenvalue weighted by molar-refractivity contribution is 9.10. The van der Waals surface area contributed by atoms with Gasteiger partial charge in [-0.2, -0.15) is 5.10 Å². The number of halogens is 1. The van der Waals surface area contributed by atoms with E-state index in [4.69, 9.17) is 14.2 Å². The van der Waals surface area contributed by atoms with Crippen LogP contribution < -0.4 is 19.6 Å². The molecule has 184 valence electrons. The lowest BCUT2D eigenvalue weighted by molar-refractivity contribution is 0.0954. The molecule has 0 saturated carbocycles. The fraction of sp³-hybridized carbons (Fsp3) is 0.172. The zero-order chi connectivity index (χ0) is 25.3. The molecule has 0 aromatic heterocycles. The number of hydrazone groups is 1. The van der Waals surface area contributed by atoms with Crippen LogP contribution in [0.2, 0.25) is 0 Å². The van der Waals surface area contributed by atoms with Gasteiger partial charge in [0, 0.05) is 5.56 Å². The molecule has 1 amide bonds. The third-order valence-corrected chi connectivity index (χ3v) is 6.02. The van der Waals surface area contributed by atoms with E-state index in [-0.39, 0.29) is 5.91 Å². The second kappa shape index (κ2) is 12.2. The van der Waals surface area contributed by atoms with E-state index in [0.29, 0.717) is 36.9 Å². The Kier molecular flexibility index (Phi) is 8.57. The summed E-state index contributed by atoms with van der Waals surface area (Å²) in [5, 5.41) is 6.46. The molecule has 36 heavy (non-hydrogen) atoms. The average Bonchev–Trinajstić information content (AvgIpc) is 2.89. The molecule has 6 nitrogen and oxygen atoms in total. The van der Waals surface area contributed by atoms with Gasteiger partial charge >= 0.3 is 0 Å². The van der Waals surface area contributed by atoms with E-state index in [1.165, 1.54) is 10.8 Å². The van der Waals surface area contributed by atoms with Crippen molar-refractivity contribution in [2.45, 2.75) is 20.5 Å². The number of hydrogen-bond donors (Lipinski definition) is 1. The Morgan fingerprint density at radius 2 is 1.61 bits per heavy atom. The van der Waals surface area contributed by atoms with Crippen LogP contribution in [0, 0.1) is 0 Å². The van der Waals surface area contributed by atoms with E-state index >= 15 is 0 Å². The molecule has 0 bridgehead atoms. The molecule has 7 heteroatoms. The summed E-state index contributed by atoms with van der Waals surface area (Å²) >= 11 is 3.57. The second-order valence-corrected chi connectivity index (χ2v) is 8.70. The highest BCUT2D eigenvalue weighted by Gasteiger charge is 2.11. The van der Waals surface area contributed by atoms with Crippen molar-refractivity contribution >= 4 is 38.8 Å². The molecule has 1 N–H and O–H groups in total. The number of fused-ring (bicyclic) bond motifs is 1. The van der Waals surface area contributed by atoms with E-state index in [9.17, 15) is 4.79 Å². The minimum atomic E-state index is -0.343. The number of rotatable bonds is 10. The standard InChI is InChI=1S/C29H27BrN2O4/c1-3-34-27-15-13-22(17-28(27)35-4-2)29(33)32-31-18-20-12-14-26(25(30)16-20)36-19-23-10-7-9-21-8-5-6-11-24(21)23/h5-18H,3-4,19H2,1-2H3,(H,32,33)/b31-18+. The van der Waals surface area contributed by atoms with Crippen LogP contribution in [0.15, 0.2) is 88.4 Å². The summed E-state index contributed by atoms with van der Waals surface area (Å²) in [5.41, 5.74) is 4.91. The Labute approximate surface area is 219 Å². The Balaban J connectivity index is 1.38. The molecular weight excluding hydrogens is 520 g/mol. The molecule has 0 radical (unpaired) electrons. The second-order valence-electron chi connectivity index (χ2n) is 7.84. The van der Waals surface area contributed by atoms with Crippen molar-refractivity contribution < 1.29 is 19.0 Å². The average molecular weight is 547 g/mol. The van der Waals surface area contributed by atoms with Gasteiger partial charge in [0.25, 0.3) is 5.91 Å². The highest BCUT2D eigenvalue weighted by Crippen LogP contribution is 2.29. The summed E-state index contributed by atoms with van der Waals surface area (Å²) < 4.78 is 18.0. The minimum absolute atomic E-state index is 0.343. The van der Waals surface area contributed by atoms with Crippen molar-refractivity contribution in [3.63, 3.8) is 0 Å². The normalized spacial score (nSPS) is 11.0. The van der Waals surface area contributed by atoms with Crippen LogP contribution in [0.3, 0.4) is 0 Å². The summed E-state index contributed by atoms with van der Waals surface area (Å²) in [6.45, 7) is 5.21. The summed E-state index contributed by atoms with van der Waals surface area (Å²) in [4.78, 5) is 12.5. The molecule has 0 fully saturated rings. The van der Waals surface area contributed by atoms with Gasteiger partial charge in [-0.1, -0.05) is 42.5 Å². The smallest absolute Gasteiger partial charge is 0.271 e. The maximum Gasteiger partial charge on any atom is 0.271 e. The summed E-state index contributed by atoms with van der Waals surface area (Å²) in [6, 6.07) is 25.1. The largest absolute Gasteiger partial charge is 0.490 e. The van der Waals surface area contributed by atoms with Gasteiger partial charge in [0.1, 0.15) is 12.4 Å². The Morgan fingerprint density at radius 1 is 0.861 bits per heavy atom.